The maximum Gasteiger partial charge on any atom is 0.239 e. The Morgan fingerprint density at radius 1 is 1.17 bits per heavy atom. The molecule has 0 bridgehead atoms. The van der Waals surface area contributed by atoms with E-state index in [1.54, 1.807) is 6.20 Å². The maximum absolute atomic E-state index is 12.5. The Kier molecular flexibility index (Phi) is 6.46. The van der Waals surface area contributed by atoms with E-state index in [0.29, 0.717) is 12.6 Å². The van der Waals surface area contributed by atoms with Gasteiger partial charge in [0.15, 0.2) is 0 Å². The normalized spacial score (nSPS) is 17.8. The fourth-order valence-corrected chi connectivity index (χ4v) is 4.28. The topological polar surface area (TPSA) is 62.6 Å². The number of benzene rings is 1. The second-order valence-corrected chi connectivity index (χ2v) is 8.09. The lowest BCUT2D eigenvalue weighted by Crippen LogP contribution is -2.36. The van der Waals surface area contributed by atoms with Crippen LogP contribution in [0, 0.1) is 0 Å². The first-order chi connectivity index (χ1) is 14.2. The summed E-state index contributed by atoms with van der Waals surface area (Å²) in [5.74, 6) is 0.808. The number of amides is 1. The van der Waals surface area contributed by atoms with Crippen LogP contribution in [0.5, 0.6) is 0 Å². The quantitative estimate of drug-likeness (QED) is 0.778. The van der Waals surface area contributed by atoms with Gasteiger partial charge in [-0.05, 0) is 37.6 Å². The number of carbonyl (C=O) groups excluding carboxylic acids is 1. The van der Waals surface area contributed by atoms with Gasteiger partial charge in [-0.25, -0.2) is 4.68 Å². The molecule has 7 heteroatoms. The molecule has 1 N–H and O–H groups in total. The van der Waals surface area contributed by atoms with E-state index >= 15 is 0 Å². The van der Waals surface area contributed by atoms with Crippen molar-refractivity contribution in [3.8, 4) is 0 Å². The van der Waals surface area contributed by atoms with Crippen LogP contribution in [0.25, 0.3) is 0 Å². The zero-order chi connectivity index (χ0) is 20.1. The standard InChI is InChI=1S/C22H31N5O2/c1-25(16-18-6-8-19(9-7-18)26-12-14-29-15-13-26)17-22(28)24-21-10-11-23-27(21)20-4-2-3-5-20/h6-11,20H,2-5,12-17H2,1H3,(H,24,28). The number of hydrogen-bond acceptors (Lipinski definition) is 5. The summed E-state index contributed by atoms with van der Waals surface area (Å²) in [4.78, 5) is 16.9. The van der Waals surface area contributed by atoms with Crippen molar-refractivity contribution in [1.29, 1.82) is 0 Å². The van der Waals surface area contributed by atoms with Crippen LogP contribution in [0.2, 0.25) is 0 Å². The van der Waals surface area contributed by atoms with Crippen molar-refractivity contribution in [2.45, 2.75) is 38.3 Å². The molecule has 2 heterocycles. The van der Waals surface area contributed by atoms with E-state index in [-0.39, 0.29) is 5.91 Å². The summed E-state index contributed by atoms with van der Waals surface area (Å²) in [5, 5.41) is 7.46. The summed E-state index contributed by atoms with van der Waals surface area (Å²) in [6.45, 7) is 4.55. The van der Waals surface area contributed by atoms with E-state index in [4.69, 9.17) is 4.74 Å². The van der Waals surface area contributed by atoms with Gasteiger partial charge < -0.3 is 15.0 Å². The van der Waals surface area contributed by atoms with Crippen LogP contribution < -0.4 is 10.2 Å². The van der Waals surface area contributed by atoms with Crippen molar-refractivity contribution in [2.75, 3.05) is 50.1 Å². The molecule has 0 spiro atoms. The van der Waals surface area contributed by atoms with Crippen molar-refractivity contribution in [3.05, 3.63) is 42.1 Å². The molecule has 1 aliphatic carbocycles. The number of rotatable bonds is 7. The third-order valence-corrected chi connectivity index (χ3v) is 5.79. The van der Waals surface area contributed by atoms with Crippen molar-refractivity contribution in [3.63, 3.8) is 0 Å². The number of hydrogen-bond donors (Lipinski definition) is 1. The van der Waals surface area contributed by atoms with Gasteiger partial charge in [0, 0.05) is 31.4 Å². The molecule has 0 atom stereocenters. The monoisotopic (exact) mass is 397 g/mol. The molecule has 156 valence electrons. The largest absolute Gasteiger partial charge is 0.378 e. The first-order valence-electron chi connectivity index (χ1n) is 10.6. The fourth-order valence-electron chi connectivity index (χ4n) is 4.28. The van der Waals surface area contributed by atoms with Crippen LogP contribution >= 0.6 is 0 Å². The average molecular weight is 398 g/mol. The van der Waals surface area contributed by atoms with E-state index < -0.39 is 0 Å². The molecule has 29 heavy (non-hydrogen) atoms. The van der Waals surface area contributed by atoms with Gasteiger partial charge in [-0.2, -0.15) is 5.10 Å². The van der Waals surface area contributed by atoms with Crippen molar-refractivity contribution in [1.82, 2.24) is 14.7 Å². The van der Waals surface area contributed by atoms with E-state index in [1.807, 2.05) is 22.7 Å². The summed E-state index contributed by atoms with van der Waals surface area (Å²) in [6.07, 6.45) is 6.54. The van der Waals surface area contributed by atoms with Gasteiger partial charge in [-0.15, -0.1) is 0 Å². The average Bonchev–Trinajstić information content (AvgIpc) is 3.40. The zero-order valence-electron chi connectivity index (χ0n) is 17.2. The van der Waals surface area contributed by atoms with E-state index in [9.17, 15) is 4.79 Å². The molecule has 2 aromatic rings. The van der Waals surface area contributed by atoms with Crippen molar-refractivity contribution < 1.29 is 9.53 Å². The Morgan fingerprint density at radius 2 is 1.90 bits per heavy atom. The lowest BCUT2D eigenvalue weighted by molar-refractivity contribution is -0.117. The van der Waals surface area contributed by atoms with E-state index in [2.05, 4.69) is 39.6 Å². The summed E-state index contributed by atoms with van der Waals surface area (Å²) >= 11 is 0. The Balaban J connectivity index is 1.27. The van der Waals surface area contributed by atoms with Gasteiger partial charge in [0.2, 0.25) is 5.91 Å². The van der Waals surface area contributed by atoms with Crippen LogP contribution in [-0.4, -0.2) is 60.5 Å². The Bertz CT molecular complexity index is 792. The molecule has 1 aliphatic heterocycles. The lowest BCUT2D eigenvalue weighted by atomic mass is 10.1. The third-order valence-electron chi connectivity index (χ3n) is 5.79. The minimum Gasteiger partial charge on any atom is -0.378 e. The smallest absolute Gasteiger partial charge is 0.239 e. The molecular formula is C22H31N5O2. The van der Waals surface area contributed by atoms with Crippen LogP contribution in [0.15, 0.2) is 36.5 Å². The van der Waals surface area contributed by atoms with Crippen LogP contribution in [0.1, 0.15) is 37.3 Å². The van der Waals surface area contributed by atoms with Gasteiger partial charge in [0.25, 0.3) is 0 Å². The van der Waals surface area contributed by atoms with Gasteiger partial charge >= 0.3 is 0 Å². The maximum atomic E-state index is 12.5. The van der Waals surface area contributed by atoms with E-state index in [1.165, 1.54) is 24.1 Å². The molecule has 2 fully saturated rings. The highest BCUT2D eigenvalue weighted by atomic mass is 16.5. The molecule has 1 amide bonds. The summed E-state index contributed by atoms with van der Waals surface area (Å²) in [7, 11) is 1.98. The summed E-state index contributed by atoms with van der Waals surface area (Å²) in [5.41, 5.74) is 2.44. The number of carbonyl (C=O) groups is 1. The van der Waals surface area contributed by atoms with Crippen LogP contribution in [-0.2, 0) is 16.1 Å². The first kappa shape index (κ1) is 19.9. The highest BCUT2D eigenvalue weighted by molar-refractivity contribution is 5.91. The molecule has 7 nitrogen and oxygen atoms in total. The molecule has 0 radical (unpaired) electrons. The minimum atomic E-state index is -0.00261. The van der Waals surface area contributed by atoms with Crippen molar-refractivity contribution in [2.24, 2.45) is 0 Å². The number of nitrogens with zero attached hydrogens (tertiary/aromatic N) is 4. The second kappa shape index (κ2) is 9.41. The van der Waals surface area contributed by atoms with Gasteiger partial charge in [0.1, 0.15) is 5.82 Å². The Hall–Kier alpha value is -2.38. The lowest BCUT2D eigenvalue weighted by Gasteiger charge is -2.29. The third kappa shape index (κ3) is 5.16. The summed E-state index contributed by atoms with van der Waals surface area (Å²) < 4.78 is 7.40. The number of likely N-dealkylation sites (N-methyl/N-ethyl adjacent to an activating group) is 1. The first-order valence-corrected chi connectivity index (χ1v) is 10.6. The number of aromatic nitrogens is 2. The molecule has 1 aromatic carbocycles. The Labute approximate surface area is 172 Å². The minimum absolute atomic E-state index is 0.00261. The predicted molar refractivity (Wildman–Crippen MR) is 114 cm³/mol. The molecular weight excluding hydrogens is 366 g/mol. The zero-order valence-corrected chi connectivity index (χ0v) is 17.2. The van der Waals surface area contributed by atoms with E-state index in [0.717, 1.165) is 51.5 Å². The molecule has 0 unspecified atom stereocenters. The number of morpholine rings is 1. The predicted octanol–water partition coefficient (Wildman–Crippen LogP) is 2.91. The molecule has 4 rings (SSSR count). The number of anilines is 2. The molecule has 2 aliphatic rings. The Morgan fingerprint density at radius 3 is 2.62 bits per heavy atom. The highest BCUT2D eigenvalue weighted by Crippen LogP contribution is 2.31. The fraction of sp³-hybridized carbons (Fsp3) is 0.545. The highest BCUT2D eigenvalue weighted by Gasteiger charge is 2.20. The molecule has 1 aromatic heterocycles. The molecule has 1 saturated heterocycles. The van der Waals surface area contributed by atoms with Gasteiger partial charge in [0.05, 0.1) is 32.0 Å². The molecule has 1 saturated carbocycles. The van der Waals surface area contributed by atoms with Gasteiger partial charge in [-0.1, -0.05) is 25.0 Å². The second-order valence-electron chi connectivity index (χ2n) is 8.09. The summed E-state index contributed by atoms with van der Waals surface area (Å²) in [6, 6.07) is 10.9. The van der Waals surface area contributed by atoms with Gasteiger partial charge in [-0.3, -0.25) is 9.69 Å². The number of nitrogens with one attached hydrogen (secondary N) is 1. The van der Waals surface area contributed by atoms with Crippen molar-refractivity contribution >= 4 is 17.4 Å². The number of ether oxygens (including phenoxy) is 1. The van der Waals surface area contributed by atoms with Crippen LogP contribution in [0.3, 0.4) is 0 Å². The van der Waals surface area contributed by atoms with Crippen LogP contribution in [0.4, 0.5) is 11.5 Å². The SMILES string of the molecule is CN(CC(=O)Nc1ccnn1C1CCCC1)Cc1ccc(N2CCOCC2)cc1.